The molecule has 0 saturated carbocycles. The molecule has 32 heavy (non-hydrogen) atoms. The molecule has 3 aromatic carbocycles. The SMILES string of the molecule is N#Cc1ccccc1CN1C(=O)S/C(=C/c2cccc(OCc3ccccc3F)c2)C1=O. The van der Waals surface area contributed by atoms with Crippen LogP contribution in [0.3, 0.4) is 0 Å². The molecule has 158 valence electrons. The zero-order chi connectivity index (χ0) is 22.5. The maximum absolute atomic E-state index is 13.8. The van der Waals surface area contributed by atoms with Crippen molar-refractivity contribution >= 4 is 29.0 Å². The van der Waals surface area contributed by atoms with Gasteiger partial charge in [0.25, 0.3) is 11.1 Å². The first-order chi connectivity index (χ1) is 15.5. The molecule has 0 atom stereocenters. The molecular weight excluding hydrogens is 427 g/mol. The van der Waals surface area contributed by atoms with Gasteiger partial charge in [0.15, 0.2) is 0 Å². The van der Waals surface area contributed by atoms with Gasteiger partial charge in [-0.2, -0.15) is 5.26 Å². The Balaban J connectivity index is 1.49. The summed E-state index contributed by atoms with van der Waals surface area (Å²) in [7, 11) is 0. The van der Waals surface area contributed by atoms with E-state index in [2.05, 4.69) is 6.07 Å². The minimum Gasteiger partial charge on any atom is -0.489 e. The van der Waals surface area contributed by atoms with Crippen molar-refractivity contribution in [3.8, 4) is 11.8 Å². The number of nitrogens with zero attached hydrogens (tertiary/aromatic N) is 2. The van der Waals surface area contributed by atoms with Crippen LogP contribution in [0.1, 0.15) is 22.3 Å². The molecule has 1 aliphatic heterocycles. The molecule has 3 aromatic rings. The Morgan fingerprint density at radius 3 is 2.53 bits per heavy atom. The molecule has 0 spiro atoms. The Kier molecular flexibility index (Phi) is 6.34. The van der Waals surface area contributed by atoms with Crippen LogP contribution in [0.25, 0.3) is 6.08 Å². The third-order valence-corrected chi connectivity index (χ3v) is 5.76. The van der Waals surface area contributed by atoms with E-state index in [-0.39, 0.29) is 29.1 Å². The van der Waals surface area contributed by atoms with Crippen LogP contribution in [-0.2, 0) is 17.9 Å². The third kappa shape index (κ3) is 4.71. The Morgan fingerprint density at radius 1 is 1.00 bits per heavy atom. The van der Waals surface area contributed by atoms with Gasteiger partial charge in [0, 0.05) is 5.56 Å². The average Bonchev–Trinajstić information content (AvgIpc) is 3.06. The highest BCUT2D eigenvalue weighted by atomic mass is 32.2. The molecular formula is C25H17FN2O3S. The number of hydrogen-bond acceptors (Lipinski definition) is 5. The molecule has 4 rings (SSSR count). The number of carbonyl (C=O) groups excluding carboxylic acids is 2. The fourth-order valence-corrected chi connectivity index (χ4v) is 4.03. The number of imide groups is 1. The molecule has 1 saturated heterocycles. The van der Waals surface area contributed by atoms with E-state index in [1.54, 1.807) is 72.8 Å². The van der Waals surface area contributed by atoms with Gasteiger partial charge in [-0.3, -0.25) is 14.5 Å². The number of thioether (sulfide) groups is 1. The van der Waals surface area contributed by atoms with Gasteiger partial charge < -0.3 is 4.74 Å². The summed E-state index contributed by atoms with van der Waals surface area (Å²) in [5, 5.41) is 8.85. The maximum atomic E-state index is 13.8. The van der Waals surface area contributed by atoms with E-state index >= 15 is 0 Å². The van der Waals surface area contributed by atoms with Crippen molar-refractivity contribution in [2.24, 2.45) is 0 Å². The van der Waals surface area contributed by atoms with Crippen LogP contribution in [0.2, 0.25) is 0 Å². The lowest BCUT2D eigenvalue weighted by Crippen LogP contribution is -2.27. The van der Waals surface area contributed by atoms with Gasteiger partial charge >= 0.3 is 0 Å². The molecule has 0 bridgehead atoms. The fraction of sp³-hybridized carbons (Fsp3) is 0.0800. The van der Waals surface area contributed by atoms with Gasteiger partial charge in [0.05, 0.1) is 23.1 Å². The van der Waals surface area contributed by atoms with Crippen LogP contribution < -0.4 is 4.74 Å². The number of ether oxygens (including phenoxy) is 1. The first-order valence-corrected chi connectivity index (χ1v) is 10.6. The smallest absolute Gasteiger partial charge is 0.293 e. The molecule has 0 aliphatic carbocycles. The van der Waals surface area contributed by atoms with Crippen molar-refractivity contribution in [2.75, 3.05) is 0 Å². The van der Waals surface area contributed by atoms with Crippen molar-refractivity contribution in [3.05, 3.63) is 106 Å². The van der Waals surface area contributed by atoms with Crippen molar-refractivity contribution < 1.29 is 18.7 Å². The Morgan fingerprint density at radius 2 is 1.75 bits per heavy atom. The normalized spacial score (nSPS) is 14.6. The molecule has 0 radical (unpaired) electrons. The monoisotopic (exact) mass is 444 g/mol. The quantitative estimate of drug-likeness (QED) is 0.469. The van der Waals surface area contributed by atoms with Gasteiger partial charge in [0.1, 0.15) is 18.2 Å². The van der Waals surface area contributed by atoms with Crippen molar-refractivity contribution in [1.29, 1.82) is 5.26 Å². The van der Waals surface area contributed by atoms with Crippen molar-refractivity contribution in [2.45, 2.75) is 13.2 Å². The summed E-state index contributed by atoms with van der Waals surface area (Å²) in [6.45, 7) is 0.114. The van der Waals surface area contributed by atoms with Crippen LogP contribution in [0.15, 0.2) is 77.7 Å². The second-order valence-corrected chi connectivity index (χ2v) is 7.98. The fourth-order valence-electron chi connectivity index (χ4n) is 3.20. The zero-order valence-corrected chi connectivity index (χ0v) is 17.6. The predicted molar refractivity (Wildman–Crippen MR) is 120 cm³/mol. The third-order valence-electron chi connectivity index (χ3n) is 4.85. The minimum atomic E-state index is -0.412. The number of amides is 2. The van der Waals surface area contributed by atoms with E-state index < -0.39 is 5.91 Å². The van der Waals surface area contributed by atoms with Crippen LogP contribution in [-0.4, -0.2) is 16.0 Å². The summed E-state index contributed by atoms with van der Waals surface area (Å²) >= 11 is 0.853. The molecule has 5 nitrogen and oxygen atoms in total. The van der Waals surface area contributed by atoms with Crippen LogP contribution in [0.4, 0.5) is 9.18 Å². The van der Waals surface area contributed by atoms with Crippen molar-refractivity contribution in [3.63, 3.8) is 0 Å². The highest BCUT2D eigenvalue weighted by Gasteiger charge is 2.35. The molecule has 0 unspecified atom stereocenters. The first-order valence-electron chi connectivity index (χ1n) is 9.75. The van der Waals surface area contributed by atoms with Gasteiger partial charge in [-0.05, 0) is 53.2 Å². The highest BCUT2D eigenvalue weighted by molar-refractivity contribution is 8.18. The average molecular weight is 444 g/mol. The second kappa shape index (κ2) is 9.50. The summed E-state index contributed by atoms with van der Waals surface area (Å²) in [5.74, 6) is -0.232. The van der Waals surface area contributed by atoms with E-state index in [0.717, 1.165) is 16.7 Å². The number of rotatable bonds is 6. The zero-order valence-electron chi connectivity index (χ0n) is 16.8. The van der Waals surface area contributed by atoms with E-state index in [0.29, 0.717) is 28.0 Å². The summed E-state index contributed by atoms with van der Waals surface area (Å²) in [6, 6.07) is 22.3. The van der Waals surface area contributed by atoms with E-state index in [9.17, 15) is 19.2 Å². The lowest BCUT2D eigenvalue weighted by Gasteiger charge is -2.13. The standard InChI is InChI=1S/C25H17FN2O3S/c26-22-11-4-3-9-20(22)16-31-21-10-5-6-17(12-21)13-23-24(29)28(25(30)32-23)15-19-8-2-1-7-18(19)14-27/h1-13H,15-16H2/b23-13+. The molecule has 1 heterocycles. The van der Waals surface area contributed by atoms with Crippen LogP contribution >= 0.6 is 11.8 Å². The molecule has 0 aromatic heterocycles. The van der Waals surface area contributed by atoms with E-state index in [4.69, 9.17) is 4.74 Å². The number of carbonyl (C=O) groups is 2. The van der Waals surface area contributed by atoms with E-state index in [1.807, 2.05) is 0 Å². The Hall–Kier alpha value is -3.89. The number of benzene rings is 3. The number of nitriles is 1. The maximum Gasteiger partial charge on any atom is 0.293 e. The number of halogens is 1. The van der Waals surface area contributed by atoms with Crippen LogP contribution in [0, 0.1) is 17.1 Å². The molecule has 7 heteroatoms. The second-order valence-electron chi connectivity index (χ2n) is 6.99. The largest absolute Gasteiger partial charge is 0.489 e. The molecule has 1 fully saturated rings. The predicted octanol–water partition coefficient (Wildman–Crippen LogP) is 5.51. The van der Waals surface area contributed by atoms with Gasteiger partial charge in [-0.1, -0.05) is 48.5 Å². The Labute approximate surface area is 188 Å². The topological polar surface area (TPSA) is 70.4 Å². The molecule has 2 amide bonds. The first kappa shape index (κ1) is 21.3. The van der Waals surface area contributed by atoms with Gasteiger partial charge in [-0.25, -0.2) is 4.39 Å². The Bertz CT molecular complexity index is 1270. The number of hydrogen-bond donors (Lipinski definition) is 0. The highest BCUT2D eigenvalue weighted by Crippen LogP contribution is 2.34. The minimum absolute atomic E-state index is 0.0392. The lowest BCUT2D eigenvalue weighted by molar-refractivity contribution is -0.123. The summed E-state index contributed by atoms with van der Waals surface area (Å²) < 4.78 is 19.5. The summed E-state index contributed by atoms with van der Waals surface area (Å²) in [5.41, 5.74) is 2.16. The van der Waals surface area contributed by atoms with Crippen molar-refractivity contribution in [1.82, 2.24) is 4.90 Å². The summed E-state index contributed by atoms with van der Waals surface area (Å²) in [4.78, 5) is 26.7. The molecule has 0 N–H and O–H groups in total. The van der Waals surface area contributed by atoms with Gasteiger partial charge in [0.2, 0.25) is 0 Å². The lowest BCUT2D eigenvalue weighted by atomic mass is 10.1. The van der Waals surface area contributed by atoms with Crippen LogP contribution in [0.5, 0.6) is 5.75 Å². The molecule has 1 aliphatic rings. The summed E-state index contributed by atoms with van der Waals surface area (Å²) in [6.07, 6.45) is 1.62. The van der Waals surface area contributed by atoms with Gasteiger partial charge in [-0.15, -0.1) is 0 Å². The van der Waals surface area contributed by atoms with E-state index in [1.165, 1.54) is 6.07 Å².